The molecule has 2 aromatic heterocycles. The fourth-order valence-electron chi connectivity index (χ4n) is 3.71. The Kier molecular flexibility index (Phi) is 6.33. The lowest BCUT2D eigenvalue weighted by Gasteiger charge is -2.38. The average molecular weight is 494 g/mol. The third kappa shape index (κ3) is 4.88. The first-order valence-corrected chi connectivity index (χ1v) is 10.3. The number of carbonyl (C=O) groups is 2. The van der Waals surface area contributed by atoms with Crippen molar-refractivity contribution in [1.82, 2.24) is 20.3 Å². The average Bonchev–Trinajstić information content (AvgIpc) is 3.31. The van der Waals surface area contributed by atoms with Gasteiger partial charge in [0.15, 0.2) is 11.6 Å². The monoisotopic (exact) mass is 494 g/mol. The summed E-state index contributed by atoms with van der Waals surface area (Å²) in [6.07, 6.45) is -2.46. The molecule has 4 rings (SSSR count). The maximum absolute atomic E-state index is 14.6. The fraction of sp³-hybridized carbons (Fsp3) is 0.273. The number of amides is 1. The van der Waals surface area contributed by atoms with Crippen LogP contribution in [0.4, 0.5) is 17.6 Å². The number of aromatic amines is 1. The molecule has 1 atom stereocenters. The Labute approximate surface area is 195 Å². The third-order valence-corrected chi connectivity index (χ3v) is 5.18. The topological polar surface area (TPSA) is 115 Å². The molecule has 0 fully saturated rings. The number of esters is 1. The smallest absolute Gasteiger partial charge is 0.491 e. The first-order chi connectivity index (χ1) is 16.6. The van der Waals surface area contributed by atoms with E-state index in [-0.39, 0.29) is 42.4 Å². The molecule has 9 nitrogen and oxygen atoms in total. The van der Waals surface area contributed by atoms with Crippen molar-refractivity contribution in [2.45, 2.75) is 25.2 Å². The second kappa shape index (κ2) is 9.24. The highest BCUT2D eigenvalue weighted by molar-refractivity contribution is 5.95. The van der Waals surface area contributed by atoms with E-state index in [0.29, 0.717) is 5.75 Å². The van der Waals surface area contributed by atoms with Gasteiger partial charge < -0.3 is 24.5 Å². The van der Waals surface area contributed by atoms with E-state index in [1.165, 1.54) is 12.3 Å². The number of carbonyl (C=O) groups excluding carboxylic acids is 2. The minimum atomic E-state index is -5.08. The van der Waals surface area contributed by atoms with Crippen LogP contribution in [0.2, 0.25) is 0 Å². The zero-order valence-electron chi connectivity index (χ0n) is 18.1. The van der Waals surface area contributed by atoms with E-state index >= 15 is 0 Å². The molecule has 35 heavy (non-hydrogen) atoms. The van der Waals surface area contributed by atoms with Crippen LogP contribution >= 0.6 is 0 Å². The summed E-state index contributed by atoms with van der Waals surface area (Å²) in [7, 11) is 0. The van der Waals surface area contributed by atoms with Crippen molar-refractivity contribution in [1.29, 1.82) is 0 Å². The highest BCUT2D eigenvalue weighted by Crippen LogP contribution is 2.42. The lowest BCUT2D eigenvalue weighted by Crippen LogP contribution is -2.50. The highest BCUT2D eigenvalue weighted by Gasteiger charge is 2.43. The summed E-state index contributed by atoms with van der Waals surface area (Å²) >= 11 is 0. The van der Waals surface area contributed by atoms with E-state index in [1.54, 1.807) is 19.1 Å². The summed E-state index contributed by atoms with van der Waals surface area (Å²) in [6.45, 7) is 1.79. The molecule has 0 saturated carbocycles. The fourth-order valence-corrected chi connectivity index (χ4v) is 3.71. The van der Waals surface area contributed by atoms with E-state index in [9.17, 15) is 27.2 Å². The maximum Gasteiger partial charge on any atom is 0.573 e. The SMILES string of the molecule is CCOC(=O)c1ncc(C(=O)NC2(c3ccc(OC(F)(F)F)c(F)c3)CCOc3cccnc32)[nH]1. The quantitative estimate of drug-likeness (QED) is 0.398. The summed E-state index contributed by atoms with van der Waals surface area (Å²) < 4.78 is 66.6. The molecule has 0 spiro atoms. The number of imidazole rings is 1. The summed E-state index contributed by atoms with van der Waals surface area (Å²) in [5.74, 6) is -3.71. The number of nitrogens with one attached hydrogen (secondary N) is 2. The number of nitrogens with zero attached hydrogens (tertiary/aromatic N) is 2. The minimum absolute atomic E-state index is 0.0700. The van der Waals surface area contributed by atoms with Crippen molar-refractivity contribution in [3.8, 4) is 11.5 Å². The number of alkyl halides is 3. The van der Waals surface area contributed by atoms with Crippen LogP contribution in [0.15, 0.2) is 42.7 Å². The Balaban J connectivity index is 1.75. The Morgan fingerprint density at radius 3 is 2.77 bits per heavy atom. The van der Waals surface area contributed by atoms with Gasteiger partial charge in [0.05, 0.1) is 19.4 Å². The number of halogens is 4. The number of hydrogen-bond donors (Lipinski definition) is 2. The van der Waals surface area contributed by atoms with Crippen molar-refractivity contribution >= 4 is 11.9 Å². The van der Waals surface area contributed by atoms with E-state index in [1.807, 2.05) is 0 Å². The second-order valence-electron chi connectivity index (χ2n) is 7.37. The van der Waals surface area contributed by atoms with Crippen LogP contribution in [0.5, 0.6) is 11.5 Å². The van der Waals surface area contributed by atoms with Crippen molar-refractivity contribution < 1.29 is 41.4 Å². The van der Waals surface area contributed by atoms with Crippen LogP contribution in [0, 0.1) is 5.82 Å². The summed E-state index contributed by atoms with van der Waals surface area (Å²) in [5, 5.41) is 2.77. The number of fused-ring (bicyclic) bond motifs is 1. The maximum atomic E-state index is 14.6. The van der Waals surface area contributed by atoms with Crippen molar-refractivity contribution in [3.05, 3.63) is 71.3 Å². The van der Waals surface area contributed by atoms with Gasteiger partial charge in [-0.3, -0.25) is 9.78 Å². The lowest BCUT2D eigenvalue weighted by atomic mass is 9.81. The highest BCUT2D eigenvalue weighted by atomic mass is 19.4. The molecule has 1 aromatic carbocycles. The standard InChI is InChI=1S/C22H18F4N4O5/c1-2-33-20(32)18-28-11-14(29-18)19(31)30-21(7-9-34-16-4-3-8-27-17(16)21)12-5-6-15(13(23)10-12)35-22(24,25)26/h3-6,8,10-11H,2,7,9H2,1H3,(H,28,29)(H,30,31). The van der Waals surface area contributed by atoms with Crippen LogP contribution in [0.3, 0.4) is 0 Å². The van der Waals surface area contributed by atoms with Crippen LogP contribution in [0.1, 0.15) is 45.7 Å². The van der Waals surface area contributed by atoms with Gasteiger partial charge in [-0.15, -0.1) is 13.2 Å². The van der Waals surface area contributed by atoms with E-state index in [0.717, 1.165) is 18.3 Å². The first kappa shape index (κ1) is 24.0. The van der Waals surface area contributed by atoms with Gasteiger partial charge in [0, 0.05) is 12.6 Å². The van der Waals surface area contributed by atoms with Crippen LogP contribution in [0.25, 0.3) is 0 Å². The zero-order valence-corrected chi connectivity index (χ0v) is 18.1. The molecular weight excluding hydrogens is 476 g/mol. The number of H-pyrrole nitrogens is 1. The number of pyridine rings is 1. The Morgan fingerprint density at radius 1 is 1.26 bits per heavy atom. The van der Waals surface area contributed by atoms with Gasteiger partial charge in [-0.2, -0.15) is 0 Å². The lowest BCUT2D eigenvalue weighted by molar-refractivity contribution is -0.275. The summed E-state index contributed by atoms with van der Waals surface area (Å²) in [5.41, 5.74) is -1.27. The predicted molar refractivity (Wildman–Crippen MR) is 110 cm³/mol. The number of rotatable bonds is 6. The van der Waals surface area contributed by atoms with Gasteiger partial charge in [-0.05, 0) is 36.8 Å². The molecule has 1 aliphatic rings. The number of aromatic nitrogens is 3. The minimum Gasteiger partial charge on any atom is -0.491 e. The van der Waals surface area contributed by atoms with Gasteiger partial charge in [0.1, 0.15) is 22.7 Å². The van der Waals surface area contributed by atoms with Crippen molar-refractivity contribution in [2.24, 2.45) is 0 Å². The summed E-state index contributed by atoms with van der Waals surface area (Å²) in [6, 6.07) is 6.04. The molecule has 1 amide bonds. The molecule has 2 N–H and O–H groups in total. The van der Waals surface area contributed by atoms with Gasteiger partial charge >= 0.3 is 12.3 Å². The number of ether oxygens (including phenoxy) is 3. The van der Waals surface area contributed by atoms with Gasteiger partial charge in [-0.1, -0.05) is 6.07 Å². The van der Waals surface area contributed by atoms with E-state index in [4.69, 9.17) is 9.47 Å². The van der Waals surface area contributed by atoms with E-state index in [2.05, 4.69) is 25.0 Å². The first-order valence-electron chi connectivity index (χ1n) is 10.3. The molecule has 0 aliphatic carbocycles. The molecule has 3 aromatic rings. The van der Waals surface area contributed by atoms with Crippen molar-refractivity contribution in [2.75, 3.05) is 13.2 Å². The molecule has 0 bridgehead atoms. The third-order valence-electron chi connectivity index (χ3n) is 5.18. The molecule has 0 radical (unpaired) electrons. The van der Waals surface area contributed by atoms with Gasteiger partial charge in [0.25, 0.3) is 5.91 Å². The molecule has 3 heterocycles. The zero-order chi connectivity index (χ0) is 25.2. The molecule has 1 aliphatic heterocycles. The Morgan fingerprint density at radius 2 is 2.06 bits per heavy atom. The van der Waals surface area contributed by atoms with Crippen LogP contribution < -0.4 is 14.8 Å². The van der Waals surface area contributed by atoms with Gasteiger partial charge in [-0.25, -0.2) is 14.2 Å². The Bertz CT molecular complexity index is 1260. The second-order valence-corrected chi connectivity index (χ2v) is 7.37. The molecule has 13 heteroatoms. The number of benzene rings is 1. The Hall–Kier alpha value is -4.16. The van der Waals surface area contributed by atoms with E-state index < -0.39 is 35.3 Å². The molecular formula is C22H18F4N4O5. The normalized spacial score (nSPS) is 17.2. The number of hydrogen-bond acceptors (Lipinski definition) is 7. The molecule has 0 saturated heterocycles. The largest absolute Gasteiger partial charge is 0.573 e. The molecule has 1 unspecified atom stereocenters. The predicted octanol–water partition coefficient (Wildman–Crippen LogP) is 3.48. The van der Waals surface area contributed by atoms with Crippen LogP contribution in [-0.4, -0.2) is 46.4 Å². The van der Waals surface area contributed by atoms with Crippen LogP contribution in [-0.2, 0) is 10.3 Å². The van der Waals surface area contributed by atoms with Crippen molar-refractivity contribution in [3.63, 3.8) is 0 Å². The molecule has 184 valence electrons. The summed E-state index contributed by atoms with van der Waals surface area (Å²) in [4.78, 5) is 35.7. The van der Waals surface area contributed by atoms with Gasteiger partial charge in [0.2, 0.25) is 5.82 Å².